The Morgan fingerprint density at radius 2 is 1.72 bits per heavy atom. The van der Waals surface area contributed by atoms with Crippen LogP contribution in [0.2, 0.25) is 0 Å². The molecule has 5 aromatic rings. The summed E-state index contributed by atoms with van der Waals surface area (Å²) in [6, 6.07) is 12.4. The van der Waals surface area contributed by atoms with Gasteiger partial charge in [-0.2, -0.15) is 10.1 Å². The van der Waals surface area contributed by atoms with Crippen LogP contribution in [0.3, 0.4) is 0 Å². The average molecular weight is 975 g/mol. The van der Waals surface area contributed by atoms with Crippen molar-refractivity contribution in [2.45, 2.75) is 37.6 Å². The predicted octanol–water partition coefficient (Wildman–Crippen LogP) is 6.41. The number of nitrogens with zero attached hydrogens (tertiary/aromatic N) is 7. The van der Waals surface area contributed by atoms with Crippen molar-refractivity contribution in [2.75, 3.05) is 87.1 Å². The lowest BCUT2D eigenvalue weighted by atomic mass is 9.89. The van der Waals surface area contributed by atoms with E-state index in [1.807, 2.05) is 30.3 Å². The van der Waals surface area contributed by atoms with Crippen LogP contribution in [0, 0.1) is 11.6 Å². The standard InChI is InChI=1S/C45H51BrF2N11O5P/c1-56-25-28(23-50-56)32-21-37(53-45-49-24-33(46)43(55-45)52-35-8-5-29(47)19-40(35)65(3,4)63)39(64-2)22-38(32)58-15-17-59(18-16-58)42(61)26-57-13-11-27(12-14-57)31-7-6-30(20-34(31)48)51-36-9-10-41(60)54-44(36)62/h5-8,19-25,27,36,51H,9-18,26H2,1-4H3,(H,54,60,62)(H2,49,52,53,55). The van der Waals surface area contributed by atoms with Crippen molar-refractivity contribution in [1.29, 1.82) is 0 Å². The highest BCUT2D eigenvalue weighted by Crippen LogP contribution is 2.42. The molecular formula is C45H51BrF2N11O5P. The minimum absolute atomic E-state index is 0.0135. The summed E-state index contributed by atoms with van der Waals surface area (Å²) < 4.78 is 50.7. The normalized spacial score (nSPS) is 17.5. The van der Waals surface area contributed by atoms with Crippen LogP contribution in [-0.4, -0.2) is 120 Å². The van der Waals surface area contributed by atoms with E-state index in [2.05, 4.69) is 57.1 Å². The fraction of sp³-hybridized carbons (Fsp3) is 0.378. The van der Waals surface area contributed by atoms with E-state index in [0.717, 1.165) is 16.8 Å². The number of benzene rings is 3. The maximum absolute atomic E-state index is 15.3. The van der Waals surface area contributed by atoms with E-state index in [9.17, 15) is 23.3 Å². The van der Waals surface area contributed by atoms with Crippen molar-refractivity contribution in [3.63, 3.8) is 0 Å². The van der Waals surface area contributed by atoms with Crippen molar-refractivity contribution in [1.82, 2.24) is 34.9 Å². The van der Waals surface area contributed by atoms with Gasteiger partial charge in [0.2, 0.25) is 23.7 Å². The zero-order valence-electron chi connectivity index (χ0n) is 36.5. The number of rotatable bonds is 13. The molecule has 0 aliphatic carbocycles. The summed E-state index contributed by atoms with van der Waals surface area (Å²) in [5.41, 5.74) is 4.85. The highest BCUT2D eigenvalue weighted by molar-refractivity contribution is 9.10. The minimum atomic E-state index is -2.85. The lowest BCUT2D eigenvalue weighted by Crippen LogP contribution is -2.52. The molecule has 20 heteroatoms. The second kappa shape index (κ2) is 19.3. The Labute approximate surface area is 384 Å². The number of aromatic nitrogens is 4. The van der Waals surface area contributed by atoms with Crippen LogP contribution in [0.1, 0.15) is 37.2 Å². The molecule has 3 aliphatic heterocycles. The number of piperidine rings is 2. The number of anilines is 6. The third-order valence-electron chi connectivity index (χ3n) is 12.1. The average Bonchev–Trinajstić information content (AvgIpc) is 3.72. The first-order valence-electron chi connectivity index (χ1n) is 21.4. The summed E-state index contributed by atoms with van der Waals surface area (Å²) in [4.78, 5) is 52.8. The Morgan fingerprint density at radius 3 is 2.40 bits per heavy atom. The first kappa shape index (κ1) is 45.7. The SMILES string of the molecule is COc1cc(N2CCN(C(=O)CN3CCC(c4ccc(NC5CCC(=O)NC5=O)cc4F)CC3)CC2)c(-c2cnn(C)c2)cc1Nc1ncc(Br)c(Nc2ccc(F)cc2P(C)(C)=O)n1. The maximum atomic E-state index is 15.3. The monoisotopic (exact) mass is 973 g/mol. The fourth-order valence-electron chi connectivity index (χ4n) is 8.58. The largest absolute Gasteiger partial charge is 0.494 e. The van der Waals surface area contributed by atoms with Gasteiger partial charge in [-0.3, -0.25) is 29.3 Å². The Hall–Kier alpha value is -5.91. The molecule has 0 saturated carbocycles. The van der Waals surface area contributed by atoms with Crippen LogP contribution < -0.4 is 36.2 Å². The molecule has 3 aromatic carbocycles. The van der Waals surface area contributed by atoms with E-state index >= 15 is 4.39 Å². The number of hydrogen-bond acceptors (Lipinski definition) is 13. The van der Waals surface area contributed by atoms with Gasteiger partial charge in [-0.25, -0.2) is 13.8 Å². The molecule has 3 fully saturated rings. The van der Waals surface area contributed by atoms with Gasteiger partial charge in [-0.1, -0.05) is 6.07 Å². The predicted molar refractivity (Wildman–Crippen MR) is 250 cm³/mol. The van der Waals surface area contributed by atoms with E-state index in [4.69, 9.17) is 9.72 Å². The Bertz CT molecular complexity index is 2660. The molecular weight excluding hydrogens is 923 g/mol. The lowest BCUT2D eigenvalue weighted by molar-refractivity contribution is -0.134. The number of halogens is 3. The minimum Gasteiger partial charge on any atom is -0.494 e. The summed E-state index contributed by atoms with van der Waals surface area (Å²) in [5.74, 6) is -0.295. The van der Waals surface area contributed by atoms with Gasteiger partial charge < -0.3 is 35.1 Å². The van der Waals surface area contributed by atoms with Crippen LogP contribution in [0.5, 0.6) is 5.75 Å². The summed E-state index contributed by atoms with van der Waals surface area (Å²) in [6.45, 7) is 7.01. The Morgan fingerprint density at radius 1 is 0.954 bits per heavy atom. The second-order valence-electron chi connectivity index (χ2n) is 16.9. The van der Waals surface area contributed by atoms with E-state index in [1.165, 1.54) is 24.3 Å². The van der Waals surface area contributed by atoms with Gasteiger partial charge in [0, 0.05) is 85.9 Å². The molecule has 2 aromatic heterocycles. The number of nitrogens with one attached hydrogen (secondary N) is 4. The van der Waals surface area contributed by atoms with Crippen molar-refractivity contribution in [3.8, 4) is 16.9 Å². The van der Waals surface area contributed by atoms with Crippen molar-refractivity contribution in [3.05, 3.63) is 88.8 Å². The number of carbonyl (C=O) groups is 3. The van der Waals surface area contributed by atoms with E-state index < -0.39 is 24.9 Å². The number of aryl methyl sites for hydroxylation is 1. The molecule has 1 atom stereocenters. The van der Waals surface area contributed by atoms with Gasteiger partial charge in [-0.15, -0.1) is 0 Å². The zero-order valence-corrected chi connectivity index (χ0v) is 39.0. The molecule has 342 valence electrons. The Kier molecular flexibility index (Phi) is 13.5. The molecule has 65 heavy (non-hydrogen) atoms. The summed E-state index contributed by atoms with van der Waals surface area (Å²) >= 11 is 3.50. The van der Waals surface area contributed by atoms with Gasteiger partial charge in [0.1, 0.15) is 36.4 Å². The Balaban J connectivity index is 0.903. The molecule has 16 nitrogen and oxygen atoms in total. The number of piperazine rings is 1. The molecule has 3 amide bonds. The maximum Gasteiger partial charge on any atom is 0.249 e. The van der Waals surface area contributed by atoms with E-state index in [-0.39, 0.29) is 42.5 Å². The third-order valence-corrected chi connectivity index (χ3v) is 14.2. The van der Waals surface area contributed by atoms with Crippen molar-refractivity contribution in [2.24, 2.45) is 7.05 Å². The third kappa shape index (κ3) is 10.6. The van der Waals surface area contributed by atoms with Gasteiger partial charge in [0.25, 0.3) is 0 Å². The van der Waals surface area contributed by atoms with Crippen LogP contribution in [0.15, 0.2) is 71.6 Å². The molecule has 3 saturated heterocycles. The molecule has 8 rings (SSSR count). The number of imide groups is 1. The molecule has 0 bridgehead atoms. The molecule has 0 spiro atoms. The summed E-state index contributed by atoms with van der Waals surface area (Å²) in [7, 11) is 0.593. The first-order chi connectivity index (χ1) is 31.1. The highest BCUT2D eigenvalue weighted by atomic mass is 79.9. The van der Waals surface area contributed by atoms with Gasteiger partial charge >= 0.3 is 0 Å². The number of hydrogen-bond donors (Lipinski definition) is 4. The molecule has 1 unspecified atom stereocenters. The number of methoxy groups -OCH3 is 1. The number of carbonyl (C=O) groups excluding carboxylic acids is 3. The first-order valence-corrected chi connectivity index (χ1v) is 24.8. The highest BCUT2D eigenvalue weighted by Gasteiger charge is 2.30. The topological polar surface area (TPSA) is 179 Å². The van der Waals surface area contributed by atoms with Crippen molar-refractivity contribution >= 4 is 80.6 Å². The second-order valence-corrected chi connectivity index (χ2v) is 21.0. The summed E-state index contributed by atoms with van der Waals surface area (Å²) in [6.07, 6.45) is 7.33. The molecule has 5 heterocycles. The number of ether oxygens (including phenoxy) is 1. The fourth-order valence-corrected chi connectivity index (χ4v) is 10.0. The molecule has 4 N–H and O–H groups in total. The number of amides is 3. The molecule has 3 aliphatic rings. The van der Waals surface area contributed by atoms with Gasteiger partial charge in [0.05, 0.1) is 35.7 Å². The number of likely N-dealkylation sites (tertiary alicyclic amines) is 1. The van der Waals surface area contributed by atoms with Crippen LogP contribution in [0.4, 0.5) is 43.3 Å². The van der Waals surface area contributed by atoms with Gasteiger partial charge in [0.15, 0.2) is 0 Å². The van der Waals surface area contributed by atoms with Gasteiger partial charge in [-0.05, 0) is 109 Å². The van der Waals surface area contributed by atoms with E-state index in [1.54, 1.807) is 49.6 Å². The lowest BCUT2D eigenvalue weighted by Gasteiger charge is -2.39. The molecule has 0 radical (unpaired) electrons. The quantitative estimate of drug-likeness (QED) is 0.0753. The van der Waals surface area contributed by atoms with Crippen LogP contribution in [0.25, 0.3) is 11.1 Å². The van der Waals surface area contributed by atoms with Crippen molar-refractivity contribution < 1.29 is 32.5 Å². The smallest absolute Gasteiger partial charge is 0.249 e. The zero-order chi connectivity index (χ0) is 46.0. The van der Waals surface area contributed by atoms with Crippen LogP contribution in [-0.2, 0) is 26.0 Å². The van der Waals surface area contributed by atoms with E-state index in [0.29, 0.717) is 103 Å². The summed E-state index contributed by atoms with van der Waals surface area (Å²) in [5, 5.41) is 16.7. The van der Waals surface area contributed by atoms with Crippen LogP contribution >= 0.6 is 23.1 Å².